The number of hydrogen-bond donors (Lipinski definition) is 1. The minimum Gasteiger partial charge on any atom is -0.384 e. The van der Waals surface area contributed by atoms with Gasteiger partial charge in [-0.25, -0.2) is 0 Å². The molecule has 2 heterocycles. The van der Waals surface area contributed by atoms with E-state index in [2.05, 4.69) is 17.1 Å². The second-order valence-electron chi connectivity index (χ2n) is 5.77. The Morgan fingerprint density at radius 3 is 2.69 bits per heavy atom. The summed E-state index contributed by atoms with van der Waals surface area (Å²) in [5, 5.41) is 3.65. The lowest BCUT2D eigenvalue weighted by Gasteiger charge is -2.37. The normalized spacial score (nSPS) is 33.4. The number of piperidine rings is 1. The fourth-order valence-corrected chi connectivity index (χ4v) is 3.13. The standard InChI is InChI=1S/C13H26N2O/c1-13(6-3-7-14-13)11-15-8-4-12(5-9-15)10-16-2/h12,14H,3-11H2,1-2H3. The highest BCUT2D eigenvalue weighted by Gasteiger charge is 2.31. The van der Waals surface area contributed by atoms with Gasteiger partial charge in [-0.05, 0) is 58.2 Å². The highest BCUT2D eigenvalue weighted by atomic mass is 16.5. The van der Waals surface area contributed by atoms with Gasteiger partial charge in [-0.1, -0.05) is 0 Å². The van der Waals surface area contributed by atoms with Gasteiger partial charge in [0.2, 0.25) is 0 Å². The summed E-state index contributed by atoms with van der Waals surface area (Å²) in [4.78, 5) is 2.63. The molecule has 1 N–H and O–H groups in total. The van der Waals surface area contributed by atoms with Crippen LogP contribution in [0.5, 0.6) is 0 Å². The number of rotatable bonds is 4. The summed E-state index contributed by atoms with van der Waals surface area (Å²) in [6.07, 6.45) is 5.30. The lowest BCUT2D eigenvalue weighted by atomic mass is 9.94. The zero-order valence-corrected chi connectivity index (χ0v) is 10.8. The van der Waals surface area contributed by atoms with Crippen LogP contribution in [0.1, 0.15) is 32.6 Å². The van der Waals surface area contributed by atoms with E-state index < -0.39 is 0 Å². The van der Waals surface area contributed by atoms with Gasteiger partial charge in [-0.3, -0.25) is 0 Å². The number of ether oxygens (including phenoxy) is 1. The Bertz CT molecular complexity index is 206. The molecule has 2 aliphatic rings. The van der Waals surface area contributed by atoms with Crippen molar-refractivity contribution in [1.82, 2.24) is 10.2 Å². The van der Waals surface area contributed by atoms with Gasteiger partial charge in [0.15, 0.2) is 0 Å². The molecule has 0 aromatic carbocycles. The summed E-state index contributed by atoms with van der Waals surface area (Å²) in [5.41, 5.74) is 0.383. The van der Waals surface area contributed by atoms with Crippen molar-refractivity contribution >= 4 is 0 Å². The molecule has 3 heteroatoms. The van der Waals surface area contributed by atoms with Crippen LogP contribution in [-0.2, 0) is 4.74 Å². The minimum absolute atomic E-state index is 0.383. The molecule has 94 valence electrons. The van der Waals surface area contributed by atoms with Gasteiger partial charge in [0.05, 0.1) is 0 Å². The van der Waals surface area contributed by atoms with Crippen LogP contribution < -0.4 is 5.32 Å². The second kappa shape index (κ2) is 5.48. The largest absolute Gasteiger partial charge is 0.384 e. The molecule has 1 atom stereocenters. The molecule has 2 fully saturated rings. The lowest BCUT2D eigenvalue weighted by Crippen LogP contribution is -2.49. The third kappa shape index (κ3) is 3.19. The third-order valence-corrected chi connectivity index (χ3v) is 4.14. The van der Waals surface area contributed by atoms with Crippen molar-refractivity contribution in [2.45, 2.75) is 38.1 Å². The van der Waals surface area contributed by atoms with Gasteiger partial charge in [0.1, 0.15) is 0 Å². The van der Waals surface area contributed by atoms with E-state index in [0.717, 1.165) is 12.5 Å². The van der Waals surface area contributed by atoms with Crippen molar-refractivity contribution in [3.8, 4) is 0 Å². The van der Waals surface area contributed by atoms with E-state index in [1.165, 1.54) is 51.9 Å². The van der Waals surface area contributed by atoms with Crippen molar-refractivity contribution in [2.24, 2.45) is 5.92 Å². The fraction of sp³-hybridized carbons (Fsp3) is 1.00. The van der Waals surface area contributed by atoms with E-state index in [4.69, 9.17) is 4.74 Å². The Labute approximate surface area is 99.5 Å². The van der Waals surface area contributed by atoms with Crippen molar-refractivity contribution in [3.63, 3.8) is 0 Å². The number of hydrogen-bond acceptors (Lipinski definition) is 3. The summed E-state index contributed by atoms with van der Waals surface area (Å²) in [7, 11) is 1.82. The molecule has 2 saturated heterocycles. The SMILES string of the molecule is COCC1CCN(CC2(C)CCCN2)CC1. The van der Waals surface area contributed by atoms with E-state index in [0.29, 0.717) is 5.54 Å². The maximum atomic E-state index is 5.24. The smallest absolute Gasteiger partial charge is 0.0491 e. The molecule has 1 unspecified atom stereocenters. The Balaban J connectivity index is 1.72. The number of methoxy groups -OCH3 is 1. The van der Waals surface area contributed by atoms with Gasteiger partial charge in [0.25, 0.3) is 0 Å². The highest BCUT2D eigenvalue weighted by Crippen LogP contribution is 2.23. The molecule has 0 aromatic heterocycles. The average Bonchev–Trinajstić information content (AvgIpc) is 2.68. The Kier molecular flexibility index (Phi) is 4.22. The summed E-state index contributed by atoms with van der Waals surface area (Å²) in [5.74, 6) is 0.797. The van der Waals surface area contributed by atoms with E-state index in [-0.39, 0.29) is 0 Å². The molecular weight excluding hydrogens is 200 g/mol. The first-order valence-corrected chi connectivity index (χ1v) is 6.68. The third-order valence-electron chi connectivity index (χ3n) is 4.14. The molecule has 2 rings (SSSR count). The Morgan fingerprint density at radius 2 is 2.12 bits per heavy atom. The van der Waals surface area contributed by atoms with Gasteiger partial charge >= 0.3 is 0 Å². The number of nitrogens with one attached hydrogen (secondary N) is 1. The summed E-state index contributed by atoms with van der Waals surface area (Å²) >= 11 is 0. The lowest BCUT2D eigenvalue weighted by molar-refractivity contribution is 0.0881. The zero-order chi connectivity index (χ0) is 11.4. The monoisotopic (exact) mass is 226 g/mol. The molecule has 2 aliphatic heterocycles. The first-order valence-electron chi connectivity index (χ1n) is 6.68. The van der Waals surface area contributed by atoms with Crippen LogP contribution in [0.4, 0.5) is 0 Å². The fourth-order valence-electron chi connectivity index (χ4n) is 3.13. The maximum absolute atomic E-state index is 5.24. The molecule has 0 amide bonds. The van der Waals surface area contributed by atoms with E-state index in [9.17, 15) is 0 Å². The molecule has 0 bridgehead atoms. The minimum atomic E-state index is 0.383. The molecule has 3 nitrogen and oxygen atoms in total. The van der Waals surface area contributed by atoms with Crippen LogP contribution in [0.15, 0.2) is 0 Å². The zero-order valence-electron chi connectivity index (χ0n) is 10.8. The van der Waals surface area contributed by atoms with Gasteiger partial charge < -0.3 is 15.0 Å². The van der Waals surface area contributed by atoms with Gasteiger partial charge in [0, 0.05) is 25.8 Å². The molecule has 0 spiro atoms. The van der Waals surface area contributed by atoms with E-state index in [1.807, 2.05) is 7.11 Å². The molecule has 0 saturated carbocycles. The van der Waals surface area contributed by atoms with Crippen LogP contribution in [0.2, 0.25) is 0 Å². The van der Waals surface area contributed by atoms with Crippen LogP contribution in [-0.4, -0.2) is 50.3 Å². The van der Waals surface area contributed by atoms with E-state index >= 15 is 0 Å². The predicted octanol–water partition coefficient (Wildman–Crippen LogP) is 1.49. The van der Waals surface area contributed by atoms with Crippen molar-refractivity contribution in [1.29, 1.82) is 0 Å². The average molecular weight is 226 g/mol. The van der Waals surface area contributed by atoms with Gasteiger partial charge in [-0.15, -0.1) is 0 Å². The molecule has 16 heavy (non-hydrogen) atoms. The Hall–Kier alpha value is -0.120. The van der Waals surface area contributed by atoms with E-state index in [1.54, 1.807) is 0 Å². The molecule has 0 aromatic rings. The first-order chi connectivity index (χ1) is 7.72. The summed E-state index contributed by atoms with van der Waals surface area (Å²) in [6.45, 7) is 8.27. The van der Waals surface area contributed by atoms with Gasteiger partial charge in [-0.2, -0.15) is 0 Å². The van der Waals surface area contributed by atoms with Crippen LogP contribution >= 0.6 is 0 Å². The van der Waals surface area contributed by atoms with Crippen molar-refractivity contribution < 1.29 is 4.74 Å². The molecule has 0 radical (unpaired) electrons. The second-order valence-corrected chi connectivity index (χ2v) is 5.77. The molecule has 0 aliphatic carbocycles. The van der Waals surface area contributed by atoms with Crippen molar-refractivity contribution in [3.05, 3.63) is 0 Å². The number of likely N-dealkylation sites (tertiary alicyclic amines) is 1. The quantitative estimate of drug-likeness (QED) is 0.786. The predicted molar refractivity (Wildman–Crippen MR) is 66.7 cm³/mol. The van der Waals surface area contributed by atoms with Crippen LogP contribution in [0.25, 0.3) is 0 Å². The van der Waals surface area contributed by atoms with Crippen molar-refractivity contribution in [2.75, 3.05) is 39.9 Å². The summed E-state index contributed by atoms with van der Waals surface area (Å²) < 4.78 is 5.24. The Morgan fingerprint density at radius 1 is 1.38 bits per heavy atom. The summed E-state index contributed by atoms with van der Waals surface area (Å²) in [6, 6.07) is 0. The highest BCUT2D eigenvalue weighted by molar-refractivity contribution is 4.92. The maximum Gasteiger partial charge on any atom is 0.0491 e. The van der Waals surface area contributed by atoms with Crippen LogP contribution in [0, 0.1) is 5.92 Å². The first kappa shape index (κ1) is 12.3. The van der Waals surface area contributed by atoms with Crippen LogP contribution in [0.3, 0.4) is 0 Å². The molecular formula is C13H26N2O. The number of nitrogens with zero attached hydrogens (tertiary/aromatic N) is 1. The topological polar surface area (TPSA) is 24.5 Å².